The average Bonchev–Trinajstić information content (AvgIpc) is 2.83. The largest absolute Gasteiger partial charge is 0.377 e. The van der Waals surface area contributed by atoms with Crippen LogP contribution in [0.4, 0.5) is 5.69 Å². The summed E-state index contributed by atoms with van der Waals surface area (Å²) in [6, 6.07) is 5.41. The first-order chi connectivity index (χ1) is 8.63. The molecule has 2 unspecified atom stereocenters. The Morgan fingerprint density at radius 2 is 2.39 bits per heavy atom. The lowest BCUT2D eigenvalue weighted by atomic mass is 9.98. The molecule has 0 saturated carbocycles. The normalized spacial score (nSPS) is 23.1. The van der Waals surface area contributed by atoms with Crippen LogP contribution in [0.15, 0.2) is 22.7 Å². The van der Waals surface area contributed by atoms with Crippen LogP contribution in [0.2, 0.25) is 5.02 Å². The molecule has 3 nitrogen and oxygen atoms in total. The van der Waals surface area contributed by atoms with Gasteiger partial charge in [0.1, 0.15) is 0 Å². The van der Waals surface area contributed by atoms with Gasteiger partial charge in [0.2, 0.25) is 5.91 Å². The average molecular weight is 333 g/mol. The molecule has 1 amide bonds. The van der Waals surface area contributed by atoms with Crippen molar-refractivity contribution in [2.45, 2.75) is 25.9 Å². The number of nitrogens with one attached hydrogen (secondary N) is 1. The minimum absolute atomic E-state index is 0.00215. The number of benzene rings is 1. The zero-order valence-electron chi connectivity index (χ0n) is 10.1. The van der Waals surface area contributed by atoms with E-state index in [9.17, 15) is 4.79 Å². The fourth-order valence-electron chi connectivity index (χ4n) is 2.18. The van der Waals surface area contributed by atoms with Crippen LogP contribution in [0.3, 0.4) is 0 Å². The Morgan fingerprint density at radius 3 is 3.11 bits per heavy atom. The lowest BCUT2D eigenvalue weighted by molar-refractivity contribution is -0.121. The van der Waals surface area contributed by atoms with Crippen LogP contribution in [0.5, 0.6) is 0 Å². The van der Waals surface area contributed by atoms with E-state index in [4.69, 9.17) is 16.3 Å². The Morgan fingerprint density at radius 1 is 1.61 bits per heavy atom. The van der Waals surface area contributed by atoms with Crippen LogP contribution >= 0.6 is 27.5 Å². The molecule has 2 atom stereocenters. The van der Waals surface area contributed by atoms with E-state index in [2.05, 4.69) is 21.2 Å². The second kappa shape index (κ2) is 6.04. The van der Waals surface area contributed by atoms with Gasteiger partial charge in [-0.1, -0.05) is 24.6 Å². The fourth-order valence-corrected chi connectivity index (χ4v) is 2.71. The molecule has 0 bridgehead atoms. The Labute approximate surface area is 120 Å². The zero-order chi connectivity index (χ0) is 13.1. The molecule has 18 heavy (non-hydrogen) atoms. The molecule has 1 N–H and O–H groups in total. The van der Waals surface area contributed by atoms with Gasteiger partial charge in [0.15, 0.2) is 0 Å². The third-order valence-corrected chi connectivity index (χ3v) is 4.56. The number of anilines is 1. The molecular weight excluding hydrogens is 318 g/mol. The van der Waals surface area contributed by atoms with E-state index < -0.39 is 0 Å². The monoisotopic (exact) mass is 331 g/mol. The predicted molar refractivity (Wildman–Crippen MR) is 75.9 cm³/mol. The van der Waals surface area contributed by atoms with Crippen molar-refractivity contribution in [2.24, 2.45) is 5.92 Å². The van der Waals surface area contributed by atoms with E-state index in [-0.39, 0.29) is 17.9 Å². The van der Waals surface area contributed by atoms with Crippen molar-refractivity contribution < 1.29 is 9.53 Å². The fraction of sp³-hybridized carbons (Fsp3) is 0.462. The molecule has 1 fully saturated rings. The van der Waals surface area contributed by atoms with Gasteiger partial charge >= 0.3 is 0 Å². The van der Waals surface area contributed by atoms with Gasteiger partial charge in [0.05, 0.1) is 27.2 Å². The standard InChI is InChI=1S/C13H15BrClNO2/c1-2-11-8(6-7-18-11)13(17)16-10-5-3-4-9(15)12(10)14/h3-5,8,11H,2,6-7H2,1H3,(H,16,17). The minimum atomic E-state index is -0.0686. The third-order valence-electron chi connectivity index (χ3n) is 3.16. The summed E-state index contributed by atoms with van der Waals surface area (Å²) in [5.74, 6) is -0.0665. The van der Waals surface area contributed by atoms with Crippen LogP contribution in [-0.2, 0) is 9.53 Å². The summed E-state index contributed by atoms with van der Waals surface area (Å²) in [5, 5.41) is 3.49. The van der Waals surface area contributed by atoms with Crippen LogP contribution in [0, 0.1) is 5.92 Å². The second-order valence-electron chi connectivity index (χ2n) is 4.30. The number of ether oxygens (including phenoxy) is 1. The predicted octanol–water partition coefficient (Wildman–Crippen LogP) is 3.86. The first kappa shape index (κ1) is 13.8. The quantitative estimate of drug-likeness (QED) is 0.913. The summed E-state index contributed by atoms with van der Waals surface area (Å²) < 4.78 is 6.24. The van der Waals surface area contributed by atoms with Gasteiger partial charge in [0.25, 0.3) is 0 Å². The molecular formula is C13H15BrClNO2. The van der Waals surface area contributed by atoms with Gasteiger partial charge in [0, 0.05) is 6.61 Å². The number of hydrogen-bond donors (Lipinski definition) is 1. The molecule has 0 spiro atoms. The minimum Gasteiger partial charge on any atom is -0.377 e. The molecule has 1 aromatic rings. The summed E-state index contributed by atoms with van der Waals surface area (Å²) in [5.41, 5.74) is 0.703. The summed E-state index contributed by atoms with van der Waals surface area (Å²) in [7, 11) is 0. The molecule has 1 saturated heterocycles. The van der Waals surface area contributed by atoms with Crippen LogP contribution < -0.4 is 5.32 Å². The summed E-state index contributed by atoms with van der Waals surface area (Å²) >= 11 is 9.36. The smallest absolute Gasteiger partial charge is 0.230 e. The van der Waals surface area contributed by atoms with E-state index in [1.54, 1.807) is 6.07 Å². The van der Waals surface area contributed by atoms with Crippen molar-refractivity contribution in [3.8, 4) is 0 Å². The van der Waals surface area contributed by atoms with Crippen LogP contribution in [0.25, 0.3) is 0 Å². The lowest BCUT2D eigenvalue weighted by Crippen LogP contribution is -2.29. The Bertz CT molecular complexity index is 453. The van der Waals surface area contributed by atoms with Crippen molar-refractivity contribution in [3.05, 3.63) is 27.7 Å². The van der Waals surface area contributed by atoms with Crippen molar-refractivity contribution >= 4 is 39.1 Å². The highest BCUT2D eigenvalue weighted by atomic mass is 79.9. The number of carbonyl (C=O) groups excluding carboxylic acids is 1. The van der Waals surface area contributed by atoms with Crippen LogP contribution in [-0.4, -0.2) is 18.6 Å². The molecule has 1 aliphatic rings. The molecule has 1 aliphatic heterocycles. The van der Waals surface area contributed by atoms with E-state index in [1.165, 1.54) is 0 Å². The molecule has 2 rings (SSSR count). The van der Waals surface area contributed by atoms with Gasteiger partial charge < -0.3 is 10.1 Å². The maximum absolute atomic E-state index is 12.2. The molecule has 0 radical (unpaired) electrons. The highest BCUT2D eigenvalue weighted by Crippen LogP contribution is 2.31. The van der Waals surface area contributed by atoms with E-state index in [0.29, 0.717) is 21.8 Å². The zero-order valence-corrected chi connectivity index (χ0v) is 12.4. The number of amides is 1. The molecule has 5 heteroatoms. The van der Waals surface area contributed by atoms with Crippen molar-refractivity contribution in [1.29, 1.82) is 0 Å². The van der Waals surface area contributed by atoms with Crippen molar-refractivity contribution in [1.82, 2.24) is 0 Å². The first-order valence-corrected chi connectivity index (χ1v) is 7.17. The van der Waals surface area contributed by atoms with E-state index in [1.807, 2.05) is 19.1 Å². The lowest BCUT2D eigenvalue weighted by Gasteiger charge is -2.17. The van der Waals surface area contributed by atoms with Gasteiger partial charge in [-0.15, -0.1) is 0 Å². The Kier molecular flexibility index (Phi) is 4.65. The number of hydrogen-bond acceptors (Lipinski definition) is 2. The van der Waals surface area contributed by atoms with Gasteiger partial charge in [-0.3, -0.25) is 4.79 Å². The summed E-state index contributed by atoms with van der Waals surface area (Å²) in [4.78, 5) is 12.2. The molecule has 0 aliphatic carbocycles. The number of carbonyl (C=O) groups is 1. The highest BCUT2D eigenvalue weighted by Gasteiger charge is 2.32. The maximum atomic E-state index is 12.2. The molecule has 0 aromatic heterocycles. The van der Waals surface area contributed by atoms with Gasteiger partial charge in [-0.25, -0.2) is 0 Å². The Balaban J connectivity index is 2.09. The SMILES string of the molecule is CCC1OCCC1C(=O)Nc1cccc(Cl)c1Br. The first-order valence-electron chi connectivity index (χ1n) is 6.00. The van der Waals surface area contributed by atoms with E-state index >= 15 is 0 Å². The molecule has 1 heterocycles. The van der Waals surface area contributed by atoms with Crippen molar-refractivity contribution in [3.63, 3.8) is 0 Å². The number of rotatable bonds is 3. The topological polar surface area (TPSA) is 38.3 Å². The van der Waals surface area contributed by atoms with Gasteiger partial charge in [-0.05, 0) is 40.9 Å². The van der Waals surface area contributed by atoms with Crippen LogP contribution in [0.1, 0.15) is 19.8 Å². The molecule has 1 aromatic carbocycles. The summed E-state index contributed by atoms with van der Waals surface area (Å²) in [6.07, 6.45) is 1.67. The number of halogens is 2. The third kappa shape index (κ3) is 2.87. The molecule has 98 valence electrons. The second-order valence-corrected chi connectivity index (χ2v) is 5.50. The maximum Gasteiger partial charge on any atom is 0.230 e. The van der Waals surface area contributed by atoms with E-state index in [0.717, 1.165) is 12.8 Å². The van der Waals surface area contributed by atoms with Gasteiger partial charge in [-0.2, -0.15) is 0 Å². The Hall–Kier alpha value is -0.580. The summed E-state index contributed by atoms with van der Waals surface area (Å²) in [6.45, 7) is 2.69. The van der Waals surface area contributed by atoms with Crippen molar-refractivity contribution in [2.75, 3.05) is 11.9 Å². The highest BCUT2D eigenvalue weighted by molar-refractivity contribution is 9.10.